The summed E-state index contributed by atoms with van der Waals surface area (Å²) < 4.78 is 0. The van der Waals surface area contributed by atoms with Gasteiger partial charge in [-0.05, 0) is 6.42 Å². The van der Waals surface area contributed by atoms with Crippen LogP contribution in [0.1, 0.15) is 12.8 Å². The summed E-state index contributed by atoms with van der Waals surface area (Å²) in [6.45, 7) is 0.951. The molecule has 0 fully saturated rings. The highest BCUT2D eigenvalue weighted by Crippen LogP contribution is 1.86. The first-order valence-electron chi connectivity index (χ1n) is 2.14. The van der Waals surface area contributed by atoms with Crippen LogP contribution in [0.2, 0.25) is 0 Å². The van der Waals surface area contributed by atoms with Crippen molar-refractivity contribution in [2.24, 2.45) is 0 Å². The minimum atomic E-state index is 0.951. The van der Waals surface area contributed by atoms with Crippen LogP contribution in [0.25, 0.3) is 0 Å². The molecule has 0 aliphatic carbocycles. The minimum Gasteiger partial charge on any atom is -0.236 e. The Kier molecular flexibility index (Phi) is 1.01. The largest absolute Gasteiger partial charge is 0.236 e. The van der Waals surface area contributed by atoms with E-state index in [2.05, 4.69) is 17.3 Å². The monoisotopic (exact) mass is 80.1 g/mol. The van der Waals surface area contributed by atoms with E-state index < -0.39 is 0 Å². The maximum Gasteiger partial charge on any atom is 0.0499 e. The lowest BCUT2D eigenvalue weighted by atomic mass is 10.3. The van der Waals surface area contributed by atoms with E-state index >= 15 is 0 Å². The second-order valence-electron chi connectivity index (χ2n) is 1.27. The zero-order chi connectivity index (χ0) is 4.24. The van der Waals surface area contributed by atoms with E-state index in [0.717, 1.165) is 19.4 Å². The Labute approximate surface area is 37.7 Å². The third kappa shape index (κ3) is 0.651. The molecule has 0 amide bonds. The number of rotatable bonds is 0. The van der Waals surface area contributed by atoms with Crippen LogP contribution in [0, 0.1) is 12.0 Å². The maximum absolute atomic E-state index is 3.82. The van der Waals surface area contributed by atoms with Gasteiger partial charge in [-0.1, -0.05) is 5.92 Å². The molecule has 0 spiro atoms. The van der Waals surface area contributed by atoms with Gasteiger partial charge in [0.1, 0.15) is 0 Å². The second kappa shape index (κ2) is 1.71. The third-order valence-electron chi connectivity index (χ3n) is 0.730. The molecule has 1 heteroatoms. The van der Waals surface area contributed by atoms with Gasteiger partial charge in [-0.3, -0.25) is 0 Å². The smallest absolute Gasteiger partial charge is 0.0499 e. The predicted molar refractivity (Wildman–Crippen MR) is 24.0 cm³/mol. The maximum atomic E-state index is 3.82. The molecule has 1 aliphatic rings. The molecule has 1 radical (unpaired) electrons. The first kappa shape index (κ1) is 3.55. The first-order chi connectivity index (χ1) is 3.00. The highest BCUT2D eigenvalue weighted by atomic mass is 14.8. The summed E-state index contributed by atoms with van der Waals surface area (Å²) in [5, 5.41) is 3.82. The second-order valence-corrected chi connectivity index (χ2v) is 1.27. The van der Waals surface area contributed by atoms with Crippen molar-refractivity contribution < 1.29 is 0 Å². The van der Waals surface area contributed by atoms with E-state index in [1.807, 2.05) is 0 Å². The summed E-state index contributed by atoms with van der Waals surface area (Å²) in [6.07, 6.45) is 2.20. The van der Waals surface area contributed by atoms with E-state index in [4.69, 9.17) is 0 Å². The molecule has 1 rings (SSSR count). The van der Waals surface area contributed by atoms with Crippen molar-refractivity contribution in [1.82, 2.24) is 5.32 Å². The van der Waals surface area contributed by atoms with Gasteiger partial charge in [0.05, 0.1) is 0 Å². The molecule has 0 bridgehead atoms. The van der Waals surface area contributed by atoms with Crippen LogP contribution in [0.4, 0.5) is 0 Å². The molecular formula is C5H6N. The van der Waals surface area contributed by atoms with Crippen LogP contribution in [0.15, 0.2) is 0 Å². The fourth-order valence-electron chi connectivity index (χ4n) is 0.414. The molecular weight excluding hydrogens is 74.1 g/mol. The molecule has 0 aromatic heterocycles. The van der Waals surface area contributed by atoms with E-state index in [1.54, 1.807) is 0 Å². The van der Waals surface area contributed by atoms with Gasteiger partial charge in [-0.15, -0.1) is 0 Å². The van der Waals surface area contributed by atoms with Crippen LogP contribution in [-0.2, 0) is 0 Å². The summed E-state index contributed by atoms with van der Waals surface area (Å²) >= 11 is 0. The summed E-state index contributed by atoms with van der Waals surface area (Å²) in [5.74, 6) is 2.87. The Morgan fingerprint density at radius 2 is 2.50 bits per heavy atom. The molecule has 0 unspecified atom stereocenters. The SMILES string of the molecule is C1#C[N]CCC1. The van der Waals surface area contributed by atoms with Gasteiger partial charge in [0.2, 0.25) is 0 Å². The quantitative estimate of drug-likeness (QED) is 0.373. The Bertz CT molecular complexity index is 75.8. The summed E-state index contributed by atoms with van der Waals surface area (Å²) in [5.41, 5.74) is 0. The van der Waals surface area contributed by atoms with Crippen molar-refractivity contribution in [2.45, 2.75) is 12.8 Å². The molecule has 0 N–H and O–H groups in total. The Hall–Kier alpha value is -0.640. The van der Waals surface area contributed by atoms with Gasteiger partial charge in [-0.25, -0.2) is 5.32 Å². The fraction of sp³-hybridized carbons (Fsp3) is 0.600. The van der Waals surface area contributed by atoms with Crippen LogP contribution in [0.3, 0.4) is 0 Å². The van der Waals surface area contributed by atoms with Gasteiger partial charge in [0.25, 0.3) is 0 Å². The third-order valence-corrected chi connectivity index (χ3v) is 0.730. The molecule has 0 saturated carbocycles. The average Bonchev–Trinajstić information content (AvgIpc) is 1.72. The Morgan fingerprint density at radius 1 is 1.50 bits per heavy atom. The van der Waals surface area contributed by atoms with E-state index in [0.29, 0.717) is 0 Å². The highest BCUT2D eigenvalue weighted by molar-refractivity contribution is 4.99. The molecule has 1 aliphatic heterocycles. The first-order valence-corrected chi connectivity index (χ1v) is 2.14. The predicted octanol–water partition coefficient (Wildman–Crippen LogP) is 0.346. The highest BCUT2D eigenvalue weighted by Gasteiger charge is 1.86. The molecule has 31 valence electrons. The molecule has 0 atom stereocenters. The Balaban J connectivity index is 2.36. The summed E-state index contributed by atoms with van der Waals surface area (Å²) in [7, 11) is 0. The van der Waals surface area contributed by atoms with Crippen molar-refractivity contribution in [2.75, 3.05) is 6.54 Å². The van der Waals surface area contributed by atoms with Gasteiger partial charge >= 0.3 is 0 Å². The molecule has 6 heavy (non-hydrogen) atoms. The van der Waals surface area contributed by atoms with Crippen molar-refractivity contribution in [1.29, 1.82) is 0 Å². The van der Waals surface area contributed by atoms with Crippen LogP contribution in [0.5, 0.6) is 0 Å². The molecule has 0 saturated heterocycles. The number of nitrogens with zero attached hydrogens (tertiary/aromatic N) is 1. The lowest BCUT2D eigenvalue weighted by Gasteiger charge is -1.93. The minimum absolute atomic E-state index is 0.951. The topological polar surface area (TPSA) is 14.1 Å². The van der Waals surface area contributed by atoms with Crippen molar-refractivity contribution >= 4 is 0 Å². The molecule has 1 nitrogen and oxygen atoms in total. The lowest BCUT2D eigenvalue weighted by Crippen LogP contribution is -2.01. The van der Waals surface area contributed by atoms with Gasteiger partial charge < -0.3 is 0 Å². The van der Waals surface area contributed by atoms with Crippen molar-refractivity contribution in [3.05, 3.63) is 0 Å². The molecule has 1 heterocycles. The zero-order valence-electron chi connectivity index (χ0n) is 3.57. The van der Waals surface area contributed by atoms with E-state index in [-0.39, 0.29) is 0 Å². The lowest BCUT2D eigenvalue weighted by molar-refractivity contribution is 0.756. The van der Waals surface area contributed by atoms with E-state index in [1.165, 1.54) is 0 Å². The average molecular weight is 80.1 g/mol. The molecule has 0 aromatic rings. The Morgan fingerprint density at radius 3 is 2.67 bits per heavy atom. The van der Waals surface area contributed by atoms with Crippen LogP contribution >= 0.6 is 0 Å². The van der Waals surface area contributed by atoms with E-state index in [9.17, 15) is 0 Å². The fourth-order valence-corrected chi connectivity index (χ4v) is 0.414. The van der Waals surface area contributed by atoms with Crippen LogP contribution in [-0.4, -0.2) is 6.54 Å². The van der Waals surface area contributed by atoms with Crippen molar-refractivity contribution in [3.63, 3.8) is 0 Å². The van der Waals surface area contributed by atoms with Gasteiger partial charge in [-0.2, -0.15) is 0 Å². The van der Waals surface area contributed by atoms with Crippen LogP contribution < -0.4 is 5.32 Å². The zero-order valence-corrected chi connectivity index (χ0v) is 3.57. The number of hydrogen-bond acceptors (Lipinski definition) is 0. The molecule has 0 aromatic carbocycles. The van der Waals surface area contributed by atoms with Gasteiger partial charge in [0.15, 0.2) is 0 Å². The standard InChI is InChI=1S/C5H6N/c1-2-4-6-5-3-1/h1-2,4H2. The van der Waals surface area contributed by atoms with Crippen molar-refractivity contribution in [3.8, 4) is 12.0 Å². The number of hydrogen-bond donors (Lipinski definition) is 0. The summed E-state index contributed by atoms with van der Waals surface area (Å²) in [6, 6.07) is 2.66. The van der Waals surface area contributed by atoms with Gasteiger partial charge in [0, 0.05) is 19.0 Å². The summed E-state index contributed by atoms with van der Waals surface area (Å²) in [4.78, 5) is 0. The normalized spacial score (nSPS) is 17.3.